The number of hydrogen-bond acceptors (Lipinski definition) is 2. The van der Waals surface area contributed by atoms with Gasteiger partial charge in [0.2, 0.25) is 0 Å². The van der Waals surface area contributed by atoms with Crippen molar-refractivity contribution >= 4 is 11.5 Å². The van der Waals surface area contributed by atoms with E-state index in [1.807, 2.05) is 0 Å². The number of ketones is 1. The van der Waals surface area contributed by atoms with Crippen LogP contribution in [0.1, 0.15) is 25.3 Å². The van der Waals surface area contributed by atoms with Crippen LogP contribution in [0.25, 0.3) is 0 Å². The van der Waals surface area contributed by atoms with Gasteiger partial charge in [-0.1, -0.05) is 0 Å². The number of hydrogen-bond donors (Lipinski definition) is 0. The van der Waals surface area contributed by atoms with Crippen LogP contribution in [0, 0.1) is 5.82 Å². The largest absolute Gasteiger partial charge is 0.419 e. The van der Waals surface area contributed by atoms with Gasteiger partial charge in [-0.05, 0) is 25.1 Å². The molecule has 0 amide bonds. The van der Waals surface area contributed by atoms with Crippen LogP contribution in [0.4, 0.5) is 23.2 Å². The normalized spacial score (nSPS) is 20.8. The lowest BCUT2D eigenvalue weighted by molar-refractivity contribution is -0.140. The lowest BCUT2D eigenvalue weighted by atomic mass is 10.0. The molecule has 0 N–H and O–H groups in total. The standard InChI is InChI=1S/C13H13F4NO/c1-8-6-10(19)4-5-18(8)9-2-3-12(14)11(7-9)13(15,16)17/h2-3,7-8H,4-6H2,1H3. The molecular weight excluding hydrogens is 262 g/mol. The van der Waals surface area contributed by atoms with Gasteiger partial charge in [0, 0.05) is 31.1 Å². The van der Waals surface area contributed by atoms with Crippen molar-refractivity contribution in [2.75, 3.05) is 11.4 Å². The van der Waals surface area contributed by atoms with E-state index in [1.165, 1.54) is 6.07 Å². The first kappa shape index (κ1) is 13.8. The third kappa shape index (κ3) is 2.88. The number of piperidine rings is 1. The Morgan fingerprint density at radius 1 is 1.32 bits per heavy atom. The molecule has 0 bridgehead atoms. The van der Waals surface area contributed by atoms with E-state index >= 15 is 0 Å². The van der Waals surface area contributed by atoms with E-state index in [0.717, 1.165) is 12.1 Å². The molecule has 1 aliphatic heterocycles. The number of rotatable bonds is 1. The van der Waals surface area contributed by atoms with Crippen molar-refractivity contribution in [1.29, 1.82) is 0 Å². The minimum absolute atomic E-state index is 0.0990. The first-order chi connectivity index (χ1) is 8.79. The number of anilines is 1. The Morgan fingerprint density at radius 2 is 2.00 bits per heavy atom. The monoisotopic (exact) mass is 275 g/mol. The fraction of sp³-hybridized carbons (Fsp3) is 0.462. The third-order valence-corrected chi connectivity index (χ3v) is 3.27. The van der Waals surface area contributed by atoms with Crippen molar-refractivity contribution in [2.45, 2.75) is 32.0 Å². The molecule has 1 heterocycles. The average molecular weight is 275 g/mol. The van der Waals surface area contributed by atoms with Crippen molar-refractivity contribution in [3.8, 4) is 0 Å². The molecule has 1 saturated heterocycles. The second-order valence-corrected chi connectivity index (χ2v) is 4.70. The van der Waals surface area contributed by atoms with E-state index in [-0.39, 0.29) is 11.8 Å². The molecule has 1 atom stereocenters. The summed E-state index contributed by atoms with van der Waals surface area (Å²) >= 11 is 0. The van der Waals surface area contributed by atoms with Crippen LogP contribution < -0.4 is 4.90 Å². The van der Waals surface area contributed by atoms with Gasteiger partial charge in [0.15, 0.2) is 0 Å². The minimum Gasteiger partial charge on any atom is -0.368 e. The summed E-state index contributed by atoms with van der Waals surface area (Å²) in [6.07, 6.45) is -4.10. The molecular formula is C13H13F4NO. The van der Waals surface area contributed by atoms with E-state index in [2.05, 4.69) is 0 Å². The van der Waals surface area contributed by atoms with Gasteiger partial charge in [0.05, 0.1) is 5.56 Å². The Hall–Kier alpha value is -1.59. The van der Waals surface area contributed by atoms with Crippen LogP contribution >= 0.6 is 0 Å². The predicted octanol–water partition coefficient (Wildman–Crippen LogP) is 3.40. The summed E-state index contributed by atoms with van der Waals surface area (Å²) in [5, 5.41) is 0. The minimum atomic E-state index is -4.71. The van der Waals surface area contributed by atoms with E-state index in [1.54, 1.807) is 11.8 Å². The maximum absolute atomic E-state index is 13.2. The fourth-order valence-corrected chi connectivity index (χ4v) is 2.30. The summed E-state index contributed by atoms with van der Waals surface area (Å²) in [4.78, 5) is 13.0. The van der Waals surface area contributed by atoms with Gasteiger partial charge in [-0.15, -0.1) is 0 Å². The first-order valence-electron chi connectivity index (χ1n) is 5.94. The van der Waals surface area contributed by atoms with Gasteiger partial charge in [0.1, 0.15) is 11.6 Å². The number of nitrogens with zero attached hydrogens (tertiary/aromatic N) is 1. The Morgan fingerprint density at radius 3 is 2.58 bits per heavy atom. The van der Waals surface area contributed by atoms with Crippen molar-refractivity contribution in [3.05, 3.63) is 29.6 Å². The zero-order valence-electron chi connectivity index (χ0n) is 10.3. The molecule has 0 aliphatic carbocycles. The highest BCUT2D eigenvalue weighted by Gasteiger charge is 2.35. The second kappa shape index (κ2) is 4.83. The molecule has 1 unspecified atom stereocenters. The van der Waals surface area contributed by atoms with Gasteiger partial charge in [-0.2, -0.15) is 13.2 Å². The Kier molecular flexibility index (Phi) is 3.52. The van der Waals surface area contributed by atoms with Gasteiger partial charge < -0.3 is 4.90 Å². The maximum Gasteiger partial charge on any atom is 0.419 e. The number of benzene rings is 1. The quantitative estimate of drug-likeness (QED) is 0.732. The van der Waals surface area contributed by atoms with Crippen LogP contribution in [0.2, 0.25) is 0 Å². The van der Waals surface area contributed by atoms with Gasteiger partial charge in [-0.3, -0.25) is 4.79 Å². The average Bonchev–Trinajstić information content (AvgIpc) is 2.29. The van der Waals surface area contributed by atoms with Crippen molar-refractivity contribution < 1.29 is 22.4 Å². The van der Waals surface area contributed by atoms with E-state index < -0.39 is 17.6 Å². The van der Waals surface area contributed by atoms with E-state index in [4.69, 9.17) is 0 Å². The Labute approximate surface area is 108 Å². The highest BCUT2D eigenvalue weighted by molar-refractivity contribution is 5.81. The SMILES string of the molecule is CC1CC(=O)CCN1c1ccc(F)c(C(F)(F)F)c1. The lowest BCUT2D eigenvalue weighted by Gasteiger charge is -2.35. The summed E-state index contributed by atoms with van der Waals surface area (Å²) < 4.78 is 51.1. The number of carbonyl (C=O) groups excluding carboxylic acids is 1. The van der Waals surface area contributed by atoms with Gasteiger partial charge in [0.25, 0.3) is 0 Å². The van der Waals surface area contributed by atoms with Crippen LogP contribution in [-0.4, -0.2) is 18.4 Å². The fourth-order valence-electron chi connectivity index (χ4n) is 2.30. The van der Waals surface area contributed by atoms with Gasteiger partial charge in [-0.25, -0.2) is 4.39 Å². The van der Waals surface area contributed by atoms with Crippen LogP contribution in [0.15, 0.2) is 18.2 Å². The second-order valence-electron chi connectivity index (χ2n) is 4.70. The number of carbonyl (C=O) groups is 1. The van der Waals surface area contributed by atoms with Crippen LogP contribution in [0.5, 0.6) is 0 Å². The molecule has 1 aliphatic rings. The zero-order chi connectivity index (χ0) is 14.2. The molecule has 1 aromatic rings. The van der Waals surface area contributed by atoms with E-state index in [0.29, 0.717) is 25.1 Å². The number of halogens is 4. The molecule has 0 radical (unpaired) electrons. The van der Waals surface area contributed by atoms with Crippen molar-refractivity contribution in [1.82, 2.24) is 0 Å². The molecule has 0 aromatic heterocycles. The summed E-state index contributed by atoms with van der Waals surface area (Å²) in [6.45, 7) is 2.14. The Bertz CT molecular complexity index is 498. The molecule has 0 spiro atoms. The maximum atomic E-state index is 13.2. The summed E-state index contributed by atoms with van der Waals surface area (Å²) in [6, 6.07) is 2.77. The summed E-state index contributed by atoms with van der Waals surface area (Å²) in [5.41, 5.74) is -0.970. The molecule has 2 nitrogen and oxygen atoms in total. The summed E-state index contributed by atoms with van der Waals surface area (Å²) in [5.74, 6) is -1.18. The molecule has 6 heteroatoms. The van der Waals surface area contributed by atoms with Crippen molar-refractivity contribution in [3.63, 3.8) is 0 Å². The van der Waals surface area contributed by atoms with Crippen LogP contribution in [0.3, 0.4) is 0 Å². The zero-order valence-corrected chi connectivity index (χ0v) is 10.3. The Balaban J connectivity index is 2.33. The van der Waals surface area contributed by atoms with E-state index in [9.17, 15) is 22.4 Å². The molecule has 2 rings (SSSR count). The topological polar surface area (TPSA) is 20.3 Å². The summed E-state index contributed by atoms with van der Waals surface area (Å²) in [7, 11) is 0. The number of Topliss-reactive ketones (excluding diaryl/α,β-unsaturated/α-hetero) is 1. The lowest BCUT2D eigenvalue weighted by Crippen LogP contribution is -2.41. The van der Waals surface area contributed by atoms with Gasteiger partial charge >= 0.3 is 6.18 Å². The van der Waals surface area contributed by atoms with Crippen LogP contribution in [-0.2, 0) is 11.0 Å². The smallest absolute Gasteiger partial charge is 0.368 e. The first-order valence-corrected chi connectivity index (χ1v) is 5.94. The third-order valence-electron chi connectivity index (χ3n) is 3.27. The molecule has 104 valence electrons. The molecule has 19 heavy (non-hydrogen) atoms. The van der Waals surface area contributed by atoms with Crippen molar-refractivity contribution in [2.24, 2.45) is 0 Å². The molecule has 1 aromatic carbocycles. The molecule has 0 saturated carbocycles. The highest BCUT2D eigenvalue weighted by atomic mass is 19.4. The molecule has 1 fully saturated rings. The highest BCUT2D eigenvalue weighted by Crippen LogP contribution is 2.35. The number of alkyl halides is 3. The predicted molar refractivity (Wildman–Crippen MR) is 62.5 cm³/mol.